The summed E-state index contributed by atoms with van der Waals surface area (Å²) in [5.41, 5.74) is 22.5. The van der Waals surface area contributed by atoms with Crippen molar-refractivity contribution in [1.82, 2.24) is 29.4 Å². The number of nitrogens with zero attached hydrogens (tertiary/aromatic N) is 6. The minimum atomic E-state index is -0.305. The number of guanidine groups is 1. The number of aromatic nitrogens is 5. The molecular formula is C34H42N10O. The van der Waals surface area contributed by atoms with Gasteiger partial charge < -0.3 is 31.7 Å². The van der Waals surface area contributed by atoms with Crippen LogP contribution in [0.2, 0.25) is 0 Å². The molecule has 0 radical (unpaired) electrons. The number of benzene rings is 2. The Morgan fingerprint density at radius 3 is 2.49 bits per heavy atom. The number of allylic oxidation sites excluding steroid dienone is 1. The van der Waals surface area contributed by atoms with Crippen LogP contribution in [0.25, 0.3) is 33.9 Å². The third-order valence-corrected chi connectivity index (χ3v) is 7.25. The number of pyridine rings is 1. The monoisotopic (exact) mass is 606 g/mol. The molecule has 3 aromatic heterocycles. The molecule has 1 atom stereocenters. The molecule has 2 aromatic carbocycles. The molecular weight excluding hydrogens is 564 g/mol. The van der Waals surface area contributed by atoms with E-state index < -0.39 is 0 Å². The summed E-state index contributed by atoms with van der Waals surface area (Å²) in [5.74, 6) is 1.30. The van der Waals surface area contributed by atoms with Gasteiger partial charge >= 0.3 is 0 Å². The maximum atomic E-state index is 13.4. The predicted octanol–water partition coefficient (Wildman–Crippen LogP) is 4.90. The maximum absolute atomic E-state index is 13.4. The van der Waals surface area contributed by atoms with Gasteiger partial charge in [-0.3, -0.25) is 14.8 Å². The fourth-order valence-corrected chi connectivity index (χ4v) is 5.04. The Bertz CT molecular complexity index is 1740. The third kappa shape index (κ3) is 7.94. The molecule has 3 heterocycles. The van der Waals surface area contributed by atoms with Crippen LogP contribution in [0, 0.1) is 0 Å². The third-order valence-electron chi connectivity index (χ3n) is 7.25. The lowest BCUT2D eigenvalue weighted by atomic mass is 10.1. The van der Waals surface area contributed by atoms with E-state index in [1.165, 1.54) is 0 Å². The van der Waals surface area contributed by atoms with Crippen molar-refractivity contribution in [2.45, 2.75) is 39.2 Å². The SMILES string of the molecule is C=C(N)C(CCCN=C(N)N)n1c(-c2cnc(-c3ccccc3)[nH]2)nc2cc(C(=O)N(C)CCc3ccccn3)ccc21.CC. The van der Waals surface area contributed by atoms with Gasteiger partial charge in [0.2, 0.25) is 0 Å². The van der Waals surface area contributed by atoms with Crippen molar-refractivity contribution in [3.63, 3.8) is 0 Å². The Balaban J connectivity index is 0.00000226. The lowest BCUT2D eigenvalue weighted by molar-refractivity contribution is 0.0796. The zero-order chi connectivity index (χ0) is 32.3. The van der Waals surface area contributed by atoms with E-state index in [1.807, 2.05) is 80.6 Å². The number of amides is 1. The number of aliphatic imine (C=N–C) groups is 1. The van der Waals surface area contributed by atoms with E-state index in [0.717, 1.165) is 22.6 Å². The molecule has 0 spiro atoms. The van der Waals surface area contributed by atoms with Gasteiger partial charge in [-0.15, -0.1) is 0 Å². The maximum Gasteiger partial charge on any atom is 0.253 e. The van der Waals surface area contributed by atoms with Crippen LogP contribution in [0.5, 0.6) is 0 Å². The molecule has 1 unspecified atom stereocenters. The summed E-state index contributed by atoms with van der Waals surface area (Å²) in [7, 11) is 1.79. The standard InChI is InChI=1S/C32H36N10O.C2H6/c1-21(33)27(12-8-17-37-32(34)35)42-28-14-13-23(31(43)41(2)18-15-24-11-6-7-16-36-24)19-25(28)40-30(42)26-20-38-29(39-26)22-9-4-3-5-10-22;1-2/h3-7,9-11,13-14,16,19-20,27H,1,8,12,15,17-18,33H2,2H3,(H,38,39)(H4,34,35,37);1-2H3. The molecule has 11 nitrogen and oxygen atoms in total. The van der Waals surface area contributed by atoms with Gasteiger partial charge in [-0.05, 0) is 43.2 Å². The number of carbonyl (C=O) groups excluding carboxylic acids is 1. The molecule has 11 heteroatoms. The number of imidazole rings is 2. The molecule has 0 bridgehead atoms. The second kappa shape index (κ2) is 15.3. The molecule has 0 saturated carbocycles. The van der Waals surface area contributed by atoms with Crippen molar-refractivity contribution < 1.29 is 4.79 Å². The molecule has 5 rings (SSSR count). The highest BCUT2D eigenvalue weighted by atomic mass is 16.2. The van der Waals surface area contributed by atoms with Gasteiger partial charge in [0.25, 0.3) is 5.91 Å². The van der Waals surface area contributed by atoms with Gasteiger partial charge in [0, 0.05) is 55.3 Å². The summed E-state index contributed by atoms with van der Waals surface area (Å²) in [6.45, 7) is 9.08. The molecule has 0 aliphatic carbocycles. The van der Waals surface area contributed by atoms with Crippen LogP contribution in [0.4, 0.5) is 0 Å². The van der Waals surface area contributed by atoms with E-state index >= 15 is 0 Å². The van der Waals surface area contributed by atoms with Gasteiger partial charge in [-0.1, -0.05) is 56.8 Å². The second-order valence-electron chi connectivity index (χ2n) is 10.4. The van der Waals surface area contributed by atoms with Crippen molar-refractivity contribution in [3.8, 4) is 22.9 Å². The van der Waals surface area contributed by atoms with E-state index in [1.54, 1.807) is 24.3 Å². The van der Waals surface area contributed by atoms with Crippen molar-refractivity contribution in [3.05, 3.63) is 103 Å². The molecule has 5 aromatic rings. The molecule has 0 aliphatic rings. The molecule has 0 fully saturated rings. The van der Waals surface area contributed by atoms with Crippen LogP contribution in [-0.4, -0.2) is 61.4 Å². The van der Waals surface area contributed by atoms with Crippen molar-refractivity contribution in [1.29, 1.82) is 0 Å². The summed E-state index contributed by atoms with van der Waals surface area (Å²) in [4.78, 5) is 36.6. The van der Waals surface area contributed by atoms with Crippen LogP contribution in [0.15, 0.2) is 96.4 Å². The summed E-state index contributed by atoms with van der Waals surface area (Å²) in [6, 6.07) is 20.9. The first kappa shape index (κ1) is 32.5. The van der Waals surface area contributed by atoms with Crippen LogP contribution in [0.3, 0.4) is 0 Å². The van der Waals surface area contributed by atoms with Crippen LogP contribution < -0.4 is 17.2 Å². The second-order valence-corrected chi connectivity index (χ2v) is 10.4. The Labute approximate surface area is 263 Å². The van der Waals surface area contributed by atoms with Gasteiger partial charge in [0.15, 0.2) is 11.8 Å². The van der Waals surface area contributed by atoms with Gasteiger partial charge in [-0.25, -0.2) is 9.97 Å². The van der Waals surface area contributed by atoms with E-state index in [-0.39, 0.29) is 17.9 Å². The lowest BCUT2D eigenvalue weighted by Crippen LogP contribution is -2.29. The summed E-state index contributed by atoms with van der Waals surface area (Å²) in [5, 5.41) is 0. The van der Waals surface area contributed by atoms with E-state index in [0.29, 0.717) is 60.6 Å². The predicted molar refractivity (Wildman–Crippen MR) is 181 cm³/mol. The fraction of sp³-hybridized carbons (Fsp3) is 0.265. The highest BCUT2D eigenvalue weighted by molar-refractivity contribution is 5.97. The zero-order valence-corrected chi connectivity index (χ0v) is 26.1. The highest BCUT2D eigenvalue weighted by Gasteiger charge is 2.24. The summed E-state index contributed by atoms with van der Waals surface area (Å²) >= 11 is 0. The summed E-state index contributed by atoms with van der Waals surface area (Å²) < 4.78 is 2.05. The van der Waals surface area contributed by atoms with E-state index in [2.05, 4.69) is 31.1 Å². The first-order chi connectivity index (χ1) is 21.8. The fourth-order valence-electron chi connectivity index (χ4n) is 5.04. The Morgan fingerprint density at radius 2 is 1.80 bits per heavy atom. The van der Waals surface area contributed by atoms with E-state index in [4.69, 9.17) is 22.2 Å². The van der Waals surface area contributed by atoms with Gasteiger partial charge in [0.1, 0.15) is 11.5 Å². The molecule has 7 N–H and O–H groups in total. The number of rotatable bonds is 12. The lowest BCUT2D eigenvalue weighted by Gasteiger charge is -2.21. The van der Waals surface area contributed by atoms with E-state index in [9.17, 15) is 4.79 Å². The first-order valence-electron chi connectivity index (χ1n) is 15.1. The topological polar surface area (TPSA) is 170 Å². The van der Waals surface area contributed by atoms with Crippen LogP contribution in [0.1, 0.15) is 48.8 Å². The number of nitrogens with two attached hydrogens (primary N) is 3. The average Bonchev–Trinajstić information content (AvgIpc) is 3.70. The number of aromatic amines is 1. The molecule has 234 valence electrons. The Kier molecular flexibility index (Phi) is 11.1. The number of carbonyl (C=O) groups is 1. The Morgan fingerprint density at radius 1 is 1.04 bits per heavy atom. The number of hydrogen-bond donors (Lipinski definition) is 4. The van der Waals surface area contributed by atoms with Crippen LogP contribution >= 0.6 is 0 Å². The smallest absolute Gasteiger partial charge is 0.253 e. The average molecular weight is 607 g/mol. The quantitative estimate of drug-likeness (QED) is 0.0889. The van der Waals surface area contributed by atoms with Gasteiger partial charge in [0.05, 0.1) is 23.3 Å². The zero-order valence-electron chi connectivity index (χ0n) is 26.1. The molecule has 0 aliphatic heterocycles. The highest BCUT2D eigenvalue weighted by Crippen LogP contribution is 2.33. The minimum Gasteiger partial charge on any atom is -0.401 e. The number of nitrogens with one attached hydrogen (secondary N) is 1. The largest absolute Gasteiger partial charge is 0.401 e. The number of H-pyrrole nitrogens is 1. The number of fused-ring (bicyclic) bond motifs is 1. The molecule has 45 heavy (non-hydrogen) atoms. The normalized spacial score (nSPS) is 11.4. The number of likely N-dealkylation sites (N-methyl/N-ethyl adjacent to an activating group) is 1. The minimum absolute atomic E-state index is 0.0463. The molecule has 1 amide bonds. The van der Waals surface area contributed by atoms with Gasteiger partial charge in [-0.2, -0.15) is 0 Å². The van der Waals surface area contributed by atoms with Crippen LogP contribution in [-0.2, 0) is 6.42 Å². The van der Waals surface area contributed by atoms with Crippen molar-refractivity contribution >= 4 is 22.9 Å². The summed E-state index contributed by atoms with van der Waals surface area (Å²) in [6.07, 6.45) is 5.47. The van der Waals surface area contributed by atoms with Crippen molar-refractivity contribution in [2.75, 3.05) is 20.1 Å². The van der Waals surface area contributed by atoms with Crippen molar-refractivity contribution in [2.24, 2.45) is 22.2 Å². The Hall–Kier alpha value is -5.45. The number of hydrogen-bond acceptors (Lipinski definition) is 6. The first-order valence-corrected chi connectivity index (χ1v) is 15.1. The molecule has 0 saturated heterocycles.